The highest BCUT2D eigenvalue weighted by Crippen LogP contribution is 2.39. The highest BCUT2D eigenvalue weighted by atomic mass is 19.4. The Hall–Kier alpha value is -4.23. The van der Waals surface area contributed by atoms with Crippen LogP contribution in [-0.2, 0) is 18.0 Å². The normalized spacial score (nSPS) is 17.2. The molecule has 3 aromatic rings. The average molecular weight is 581 g/mol. The quantitative estimate of drug-likeness (QED) is 0.384. The molecule has 13 heteroatoms. The van der Waals surface area contributed by atoms with Crippen LogP contribution in [0.15, 0.2) is 24.5 Å². The third-order valence-electron chi connectivity index (χ3n) is 8.07. The van der Waals surface area contributed by atoms with E-state index in [1.54, 1.807) is 11.6 Å². The Morgan fingerprint density at radius 2 is 1.90 bits per heavy atom. The van der Waals surface area contributed by atoms with Crippen LogP contribution in [-0.4, -0.2) is 80.6 Å². The molecule has 5 rings (SSSR count). The van der Waals surface area contributed by atoms with E-state index in [9.17, 15) is 23.2 Å². The van der Waals surface area contributed by atoms with Crippen LogP contribution in [0.5, 0.6) is 5.75 Å². The van der Waals surface area contributed by atoms with E-state index in [1.807, 2.05) is 11.0 Å². The maximum Gasteiger partial charge on any atom is 0.419 e. The molecule has 2 aliphatic rings. The monoisotopic (exact) mass is 580 g/mol. The second-order valence-corrected chi connectivity index (χ2v) is 10.8. The number of ether oxygens (including phenoxy) is 1. The maximum absolute atomic E-state index is 14.1. The summed E-state index contributed by atoms with van der Waals surface area (Å²) in [5.74, 6) is -0.0325. The lowest BCUT2D eigenvalue weighted by molar-refractivity contribution is -0.139. The molecule has 0 spiro atoms. The number of amides is 1. The number of rotatable bonds is 7. The minimum atomic E-state index is -4.66. The van der Waals surface area contributed by atoms with E-state index < -0.39 is 11.7 Å². The SMILES string of the molecule is [C-]#[N+]C1CCN(C(=O)CN2CCC(CCOc3ccc(-c4nc(C#N)nc5c4ncn5C)cc3C(F)(F)F)CC2)CC1. The number of likely N-dealkylation sites (tertiary alicyclic amines) is 2. The summed E-state index contributed by atoms with van der Waals surface area (Å²) in [4.78, 5) is 32.7. The number of imidazole rings is 1. The van der Waals surface area contributed by atoms with Crippen molar-refractivity contribution in [3.05, 3.63) is 47.3 Å². The molecular weight excluding hydrogens is 549 g/mol. The summed E-state index contributed by atoms with van der Waals surface area (Å²) in [7, 11) is 1.68. The van der Waals surface area contributed by atoms with Gasteiger partial charge in [-0.15, -0.1) is 0 Å². The van der Waals surface area contributed by atoms with Crippen LogP contribution in [0.1, 0.15) is 43.5 Å². The van der Waals surface area contributed by atoms with E-state index in [2.05, 4.69) is 24.7 Å². The van der Waals surface area contributed by atoms with E-state index in [0.717, 1.165) is 44.8 Å². The molecule has 0 saturated carbocycles. The highest BCUT2D eigenvalue weighted by molar-refractivity contribution is 5.88. The minimum Gasteiger partial charge on any atom is -0.493 e. The number of carbonyl (C=O) groups excluding carboxylic acids is 1. The number of halogens is 3. The number of fused-ring (bicyclic) bond motifs is 1. The van der Waals surface area contributed by atoms with Crippen molar-refractivity contribution in [1.82, 2.24) is 29.3 Å². The van der Waals surface area contributed by atoms with Crippen LogP contribution < -0.4 is 4.74 Å². The predicted molar refractivity (Wildman–Crippen MR) is 147 cm³/mol. The van der Waals surface area contributed by atoms with Crippen molar-refractivity contribution < 1.29 is 22.7 Å². The lowest BCUT2D eigenvalue weighted by Crippen LogP contribution is -2.46. The average Bonchev–Trinajstić information content (AvgIpc) is 3.37. The first kappa shape index (κ1) is 29.3. The molecule has 1 amide bonds. The first-order valence-corrected chi connectivity index (χ1v) is 14.0. The minimum absolute atomic E-state index is 0.0193. The van der Waals surface area contributed by atoms with Crippen molar-refractivity contribution in [2.45, 2.75) is 44.3 Å². The van der Waals surface area contributed by atoms with E-state index in [4.69, 9.17) is 11.3 Å². The standard InChI is InChI=1S/C29H31F3N8O2/c1-34-21-7-12-40(13-8-21)25(41)17-39-10-5-19(6-11-39)9-14-42-23-4-3-20(15-22(23)29(30,31)32)26-27-28(38(2)18-35-27)37-24(16-33)36-26/h3-4,15,18-19,21H,5-14,17H2,2H3. The van der Waals surface area contributed by atoms with Crippen LogP contribution >= 0.6 is 0 Å². The molecular formula is C29H31F3N8O2. The third kappa shape index (κ3) is 6.47. The van der Waals surface area contributed by atoms with Gasteiger partial charge < -0.3 is 19.0 Å². The highest BCUT2D eigenvalue weighted by Gasteiger charge is 2.35. The van der Waals surface area contributed by atoms with Gasteiger partial charge in [0.05, 0.1) is 25.0 Å². The topological polar surface area (TPSA) is 105 Å². The second kappa shape index (κ2) is 12.3. The van der Waals surface area contributed by atoms with Crippen LogP contribution in [0.2, 0.25) is 0 Å². The van der Waals surface area contributed by atoms with Crippen LogP contribution in [0, 0.1) is 23.8 Å². The van der Waals surface area contributed by atoms with Crippen molar-refractivity contribution >= 4 is 17.1 Å². The van der Waals surface area contributed by atoms with Gasteiger partial charge in [0.1, 0.15) is 23.0 Å². The van der Waals surface area contributed by atoms with Crippen LogP contribution in [0.3, 0.4) is 0 Å². The molecule has 2 aromatic heterocycles. The Labute approximate surface area is 241 Å². The van der Waals surface area contributed by atoms with Gasteiger partial charge in [0.15, 0.2) is 5.65 Å². The van der Waals surface area contributed by atoms with Gasteiger partial charge in [-0.2, -0.15) is 23.4 Å². The Morgan fingerprint density at radius 1 is 1.17 bits per heavy atom. The number of nitrogens with zero attached hydrogens (tertiary/aromatic N) is 8. The van der Waals surface area contributed by atoms with Gasteiger partial charge in [0.2, 0.25) is 17.8 Å². The molecule has 2 saturated heterocycles. The first-order valence-electron chi connectivity index (χ1n) is 14.0. The Bertz CT molecular complexity index is 1520. The molecule has 220 valence electrons. The Kier molecular flexibility index (Phi) is 8.59. The van der Waals surface area contributed by atoms with Crippen molar-refractivity contribution in [2.75, 3.05) is 39.3 Å². The number of aryl methyl sites for hydroxylation is 1. The molecule has 2 aliphatic heterocycles. The zero-order valence-corrected chi connectivity index (χ0v) is 23.3. The molecule has 0 bridgehead atoms. The summed E-state index contributed by atoms with van der Waals surface area (Å²) < 4.78 is 49.5. The van der Waals surface area contributed by atoms with E-state index >= 15 is 0 Å². The number of piperidine rings is 2. The van der Waals surface area contributed by atoms with E-state index in [0.29, 0.717) is 43.1 Å². The first-order chi connectivity index (χ1) is 20.2. The summed E-state index contributed by atoms with van der Waals surface area (Å²) in [6.07, 6.45) is 0.558. The molecule has 10 nitrogen and oxygen atoms in total. The van der Waals surface area contributed by atoms with Gasteiger partial charge in [-0.3, -0.25) is 9.69 Å². The third-order valence-corrected chi connectivity index (χ3v) is 8.07. The Morgan fingerprint density at radius 3 is 2.57 bits per heavy atom. The molecule has 0 aliphatic carbocycles. The summed E-state index contributed by atoms with van der Waals surface area (Å²) in [6, 6.07) is 5.62. The lowest BCUT2D eigenvalue weighted by atomic mass is 9.94. The lowest BCUT2D eigenvalue weighted by Gasteiger charge is -2.34. The van der Waals surface area contributed by atoms with Gasteiger partial charge in [-0.25, -0.2) is 16.5 Å². The van der Waals surface area contributed by atoms with Gasteiger partial charge in [0.25, 0.3) is 0 Å². The number of hydrogen-bond acceptors (Lipinski definition) is 7. The molecule has 0 N–H and O–H groups in total. The zero-order chi connectivity index (χ0) is 29.9. The second-order valence-electron chi connectivity index (χ2n) is 10.8. The molecule has 1 aromatic carbocycles. The number of alkyl halides is 3. The number of nitriles is 1. The molecule has 0 radical (unpaired) electrons. The van der Waals surface area contributed by atoms with Crippen LogP contribution in [0.4, 0.5) is 13.2 Å². The summed E-state index contributed by atoms with van der Waals surface area (Å²) in [5.41, 5.74) is 0.0373. The van der Waals surface area contributed by atoms with E-state index in [-0.39, 0.29) is 41.4 Å². The largest absolute Gasteiger partial charge is 0.493 e. The summed E-state index contributed by atoms with van der Waals surface area (Å²) in [6.45, 7) is 10.4. The predicted octanol–water partition coefficient (Wildman–Crippen LogP) is 4.31. The van der Waals surface area contributed by atoms with Crippen molar-refractivity contribution in [3.63, 3.8) is 0 Å². The van der Waals surface area contributed by atoms with Crippen molar-refractivity contribution in [1.29, 1.82) is 5.26 Å². The molecule has 0 unspecified atom stereocenters. The summed E-state index contributed by atoms with van der Waals surface area (Å²) in [5, 5.41) is 9.32. The van der Waals surface area contributed by atoms with E-state index in [1.165, 1.54) is 18.5 Å². The van der Waals surface area contributed by atoms with Crippen LogP contribution in [0.25, 0.3) is 27.3 Å². The fourth-order valence-corrected chi connectivity index (χ4v) is 5.59. The van der Waals surface area contributed by atoms with Gasteiger partial charge in [-0.1, -0.05) is 0 Å². The molecule has 0 atom stereocenters. The number of carbonyl (C=O) groups is 1. The molecule has 4 heterocycles. The molecule has 2 fully saturated rings. The maximum atomic E-state index is 14.1. The summed E-state index contributed by atoms with van der Waals surface area (Å²) >= 11 is 0. The van der Waals surface area contributed by atoms with Gasteiger partial charge >= 0.3 is 6.18 Å². The fraction of sp³-hybridized carbons (Fsp3) is 0.517. The van der Waals surface area contributed by atoms with Crippen molar-refractivity contribution in [2.24, 2.45) is 13.0 Å². The van der Waals surface area contributed by atoms with Gasteiger partial charge in [0, 0.05) is 38.5 Å². The van der Waals surface area contributed by atoms with Gasteiger partial charge in [-0.05, 0) is 56.5 Å². The van der Waals surface area contributed by atoms with Crippen molar-refractivity contribution in [3.8, 4) is 23.1 Å². The number of benzene rings is 1. The molecule has 42 heavy (non-hydrogen) atoms. The number of hydrogen-bond donors (Lipinski definition) is 0. The fourth-order valence-electron chi connectivity index (χ4n) is 5.59. The zero-order valence-electron chi connectivity index (χ0n) is 23.3. The smallest absolute Gasteiger partial charge is 0.419 e. The number of aromatic nitrogens is 4. The Balaban J connectivity index is 1.18.